The van der Waals surface area contributed by atoms with E-state index < -0.39 is 0 Å². The number of halogens is 2. The molecule has 5 rings (SSSR count). The Morgan fingerprint density at radius 2 is 1.62 bits per heavy atom. The summed E-state index contributed by atoms with van der Waals surface area (Å²) in [5, 5.41) is 1.10. The fraction of sp³-hybridized carbons (Fsp3) is 0.250. The van der Waals surface area contributed by atoms with Crippen LogP contribution in [0.1, 0.15) is 28.1 Å². The van der Waals surface area contributed by atoms with Gasteiger partial charge < -0.3 is 9.32 Å². The second-order valence-corrected chi connectivity index (χ2v) is 8.76. The molecule has 1 aromatic heterocycles. The van der Waals surface area contributed by atoms with E-state index >= 15 is 0 Å². The number of hydrogen-bond acceptors (Lipinski definition) is 3. The van der Waals surface area contributed by atoms with Gasteiger partial charge >= 0.3 is 0 Å². The zero-order valence-electron chi connectivity index (χ0n) is 19.2. The standard InChI is InChI=1S/C28H27FN2O2.ClH/c1-20-3-5-21(6-4-20)23-9-12-27-24(17-23)18-26(33-27)19-30-13-2-14-31(16-15-30)28(32)22-7-10-25(29)11-8-22;/h3-12,17-18H,2,13-16,19H2,1H3;1H. The smallest absolute Gasteiger partial charge is 0.253 e. The highest BCUT2D eigenvalue weighted by atomic mass is 35.5. The maximum Gasteiger partial charge on any atom is 0.253 e. The van der Waals surface area contributed by atoms with Gasteiger partial charge in [-0.15, -0.1) is 12.4 Å². The van der Waals surface area contributed by atoms with Gasteiger partial charge in [0, 0.05) is 37.1 Å². The lowest BCUT2D eigenvalue weighted by atomic mass is 10.0. The summed E-state index contributed by atoms with van der Waals surface area (Å²) in [6.45, 7) is 5.83. The number of rotatable bonds is 4. The number of carbonyl (C=O) groups is 1. The molecule has 0 unspecified atom stereocenters. The predicted molar refractivity (Wildman–Crippen MR) is 136 cm³/mol. The summed E-state index contributed by atoms with van der Waals surface area (Å²) >= 11 is 0. The van der Waals surface area contributed by atoms with E-state index in [1.807, 2.05) is 11.0 Å². The molecule has 0 spiro atoms. The van der Waals surface area contributed by atoms with Gasteiger partial charge in [-0.1, -0.05) is 35.9 Å². The Hall–Kier alpha value is -3.15. The molecule has 1 amide bonds. The van der Waals surface area contributed by atoms with Crippen LogP contribution in [0.2, 0.25) is 0 Å². The lowest BCUT2D eigenvalue weighted by Crippen LogP contribution is -2.35. The van der Waals surface area contributed by atoms with Crippen LogP contribution in [0.25, 0.3) is 22.1 Å². The van der Waals surface area contributed by atoms with Crippen LogP contribution in [0, 0.1) is 12.7 Å². The van der Waals surface area contributed by atoms with Gasteiger partial charge in [-0.2, -0.15) is 0 Å². The van der Waals surface area contributed by atoms with Gasteiger partial charge in [0.2, 0.25) is 0 Å². The Bertz CT molecular complexity index is 1270. The zero-order valence-corrected chi connectivity index (χ0v) is 20.0. The number of benzene rings is 3. The molecule has 1 saturated heterocycles. The van der Waals surface area contributed by atoms with Crippen LogP contribution in [0.15, 0.2) is 77.2 Å². The molecular weight excluding hydrogens is 451 g/mol. The van der Waals surface area contributed by atoms with Crippen LogP contribution in [0.3, 0.4) is 0 Å². The molecule has 1 aliphatic rings. The van der Waals surface area contributed by atoms with E-state index in [4.69, 9.17) is 4.42 Å². The Morgan fingerprint density at radius 3 is 2.38 bits per heavy atom. The lowest BCUT2D eigenvalue weighted by molar-refractivity contribution is 0.0760. The Morgan fingerprint density at radius 1 is 0.882 bits per heavy atom. The summed E-state index contributed by atoms with van der Waals surface area (Å²) in [4.78, 5) is 17.0. The van der Waals surface area contributed by atoms with E-state index in [-0.39, 0.29) is 24.1 Å². The predicted octanol–water partition coefficient (Wildman–Crippen LogP) is 6.32. The van der Waals surface area contributed by atoms with E-state index in [0.717, 1.165) is 36.2 Å². The molecule has 0 aliphatic carbocycles. The summed E-state index contributed by atoms with van der Waals surface area (Å²) < 4.78 is 19.3. The van der Waals surface area contributed by atoms with Gasteiger partial charge in [-0.05, 0) is 66.9 Å². The minimum atomic E-state index is -0.328. The van der Waals surface area contributed by atoms with E-state index in [9.17, 15) is 9.18 Å². The molecule has 0 bridgehead atoms. The highest BCUT2D eigenvalue weighted by molar-refractivity contribution is 5.94. The number of aryl methyl sites for hydroxylation is 1. The lowest BCUT2D eigenvalue weighted by Gasteiger charge is -2.21. The summed E-state index contributed by atoms with van der Waals surface area (Å²) in [5.74, 6) is 0.569. The highest BCUT2D eigenvalue weighted by Crippen LogP contribution is 2.27. The molecule has 0 N–H and O–H groups in total. The minimum Gasteiger partial charge on any atom is -0.460 e. The minimum absolute atomic E-state index is 0. The maximum atomic E-state index is 13.2. The van der Waals surface area contributed by atoms with Crippen molar-refractivity contribution in [3.8, 4) is 11.1 Å². The largest absolute Gasteiger partial charge is 0.460 e. The van der Waals surface area contributed by atoms with E-state index in [1.54, 1.807) is 12.1 Å². The van der Waals surface area contributed by atoms with Crippen molar-refractivity contribution in [1.82, 2.24) is 9.80 Å². The fourth-order valence-corrected chi connectivity index (χ4v) is 4.43. The topological polar surface area (TPSA) is 36.7 Å². The molecule has 34 heavy (non-hydrogen) atoms. The van der Waals surface area contributed by atoms with Crippen LogP contribution in [0.5, 0.6) is 0 Å². The van der Waals surface area contributed by atoms with E-state index in [2.05, 4.69) is 54.3 Å². The van der Waals surface area contributed by atoms with Crippen molar-refractivity contribution in [2.45, 2.75) is 19.9 Å². The number of nitrogens with zero attached hydrogens (tertiary/aromatic N) is 2. The van der Waals surface area contributed by atoms with Crippen molar-refractivity contribution in [3.05, 3.63) is 95.5 Å². The van der Waals surface area contributed by atoms with Crippen LogP contribution < -0.4 is 0 Å². The van der Waals surface area contributed by atoms with Gasteiger partial charge in [0.15, 0.2) is 0 Å². The van der Waals surface area contributed by atoms with Crippen molar-refractivity contribution in [2.75, 3.05) is 26.2 Å². The van der Waals surface area contributed by atoms with E-state index in [1.165, 1.54) is 28.8 Å². The molecule has 0 atom stereocenters. The molecule has 1 aliphatic heterocycles. The third-order valence-electron chi connectivity index (χ3n) is 6.30. The zero-order chi connectivity index (χ0) is 22.8. The number of carbonyl (C=O) groups excluding carboxylic acids is 1. The van der Waals surface area contributed by atoms with Crippen LogP contribution in [-0.2, 0) is 6.54 Å². The Kier molecular flexibility index (Phi) is 7.35. The summed E-state index contributed by atoms with van der Waals surface area (Å²) in [7, 11) is 0. The van der Waals surface area contributed by atoms with Gasteiger partial charge in [-0.3, -0.25) is 9.69 Å². The molecule has 4 aromatic rings. The average Bonchev–Trinajstić information content (AvgIpc) is 3.08. The molecular formula is C28H28ClFN2O2. The van der Waals surface area contributed by atoms with Gasteiger partial charge in [0.05, 0.1) is 6.54 Å². The second kappa shape index (κ2) is 10.4. The monoisotopic (exact) mass is 478 g/mol. The molecule has 1 fully saturated rings. The highest BCUT2D eigenvalue weighted by Gasteiger charge is 2.21. The van der Waals surface area contributed by atoms with Crippen molar-refractivity contribution in [3.63, 3.8) is 0 Å². The van der Waals surface area contributed by atoms with Crippen molar-refractivity contribution < 1.29 is 13.6 Å². The number of hydrogen-bond donors (Lipinski definition) is 0. The summed E-state index contributed by atoms with van der Waals surface area (Å²) in [5.41, 5.74) is 5.05. The summed E-state index contributed by atoms with van der Waals surface area (Å²) in [6, 6.07) is 22.8. The molecule has 3 aromatic carbocycles. The SMILES string of the molecule is Cc1ccc(-c2ccc3oc(CN4CCCN(C(=O)c5ccc(F)cc5)CC4)cc3c2)cc1.Cl. The van der Waals surface area contributed by atoms with Crippen LogP contribution >= 0.6 is 12.4 Å². The summed E-state index contributed by atoms with van der Waals surface area (Å²) in [6.07, 6.45) is 0.894. The van der Waals surface area contributed by atoms with Crippen molar-refractivity contribution in [1.29, 1.82) is 0 Å². The molecule has 0 saturated carbocycles. The third kappa shape index (κ3) is 5.32. The fourth-order valence-electron chi connectivity index (χ4n) is 4.43. The molecule has 2 heterocycles. The molecule has 0 radical (unpaired) electrons. The number of amides is 1. The first-order valence-corrected chi connectivity index (χ1v) is 11.4. The van der Waals surface area contributed by atoms with Gasteiger partial charge in [-0.25, -0.2) is 4.39 Å². The normalized spacial score (nSPS) is 14.6. The quantitative estimate of drug-likeness (QED) is 0.344. The van der Waals surface area contributed by atoms with Gasteiger partial charge in [0.25, 0.3) is 5.91 Å². The molecule has 6 heteroatoms. The first-order chi connectivity index (χ1) is 16.0. The van der Waals surface area contributed by atoms with Crippen molar-refractivity contribution >= 4 is 29.3 Å². The number of furan rings is 1. The van der Waals surface area contributed by atoms with E-state index in [0.29, 0.717) is 25.2 Å². The number of fused-ring (bicyclic) bond motifs is 1. The van der Waals surface area contributed by atoms with Crippen LogP contribution in [0.4, 0.5) is 4.39 Å². The Balaban J connectivity index is 0.00000274. The average molecular weight is 479 g/mol. The van der Waals surface area contributed by atoms with Crippen molar-refractivity contribution in [2.24, 2.45) is 0 Å². The third-order valence-corrected chi connectivity index (χ3v) is 6.30. The molecule has 176 valence electrons. The van der Waals surface area contributed by atoms with Gasteiger partial charge in [0.1, 0.15) is 17.2 Å². The first kappa shape index (κ1) is 24.0. The second-order valence-electron chi connectivity index (χ2n) is 8.76. The van der Waals surface area contributed by atoms with Crippen LogP contribution in [-0.4, -0.2) is 41.9 Å². The first-order valence-electron chi connectivity index (χ1n) is 11.4. The Labute approximate surface area is 205 Å². The maximum absolute atomic E-state index is 13.2. The molecule has 4 nitrogen and oxygen atoms in total.